The van der Waals surface area contributed by atoms with Crippen molar-refractivity contribution in [2.24, 2.45) is 0 Å². The smallest absolute Gasteiger partial charge is 0.231 e. The normalized spacial score (nSPS) is 12.1. The van der Waals surface area contributed by atoms with E-state index in [-0.39, 0.29) is 18.4 Å². The van der Waals surface area contributed by atoms with E-state index in [1.165, 1.54) is 0 Å². The molecule has 2 aromatic rings. The van der Waals surface area contributed by atoms with Gasteiger partial charge >= 0.3 is 0 Å². The summed E-state index contributed by atoms with van der Waals surface area (Å²) in [6.45, 7) is 1.73. The molecule has 2 aromatic heterocycles. The monoisotopic (exact) mass is 262 g/mol. The first kappa shape index (κ1) is 12.7. The quantitative estimate of drug-likeness (QED) is 0.889. The highest BCUT2D eigenvalue weighted by Gasteiger charge is 2.16. The summed E-state index contributed by atoms with van der Waals surface area (Å²) < 4.78 is 0. The van der Waals surface area contributed by atoms with Gasteiger partial charge in [0.1, 0.15) is 0 Å². The van der Waals surface area contributed by atoms with Crippen LogP contribution < -0.4 is 5.32 Å². The van der Waals surface area contributed by atoms with E-state index in [9.17, 15) is 9.90 Å². The minimum atomic E-state index is -0.219. The average Bonchev–Trinajstić information content (AvgIpc) is 2.92. The molecule has 2 rings (SSSR count). The number of thiophene rings is 1. The number of carbonyl (C=O) groups excluding carboxylic acids is 1. The van der Waals surface area contributed by atoms with Gasteiger partial charge in [0.2, 0.25) is 5.91 Å². The SMILES string of the molecule is CC(C(=O)Nc1cnccc1CO)c1ccsc1. The number of hydrogen-bond acceptors (Lipinski definition) is 4. The largest absolute Gasteiger partial charge is 0.392 e. The maximum Gasteiger partial charge on any atom is 0.231 e. The summed E-state index contributed by atoms with van der Waals surface area (Å²) in [5, 5.41) is 15.9. The summed E-state index contributed by atoms with van der Waals surface area (Å²) >= 11 is 1.57. The van der Waals surface area contributed by atoms with Crippen LogP contribution in [-0.4, -0.2) is 16.0 Å². The highest BCUT2D eigenvalue weighted by atomic mass is 32.1. The highest BCUT2D eigenvalue weighted by molar-refractivity contribution is 7.08. The number of aliphatic hydroxyl groups is 1. The molecule has 0 aliphatic rings. The first-order valence-corrected chi connectivity index (χ1v) is 6.53. The number of hydrogen-bond donors (Lipinski definition) is 2. The molecule has 5 heteroatoms. The number of carbonyl (C=O) groups is 1. The third-order valence-electron chi connectivity index (χ3n) is 2.78. The van der Waals surface area contributed by atoms with Gasteiger partial charge in [-0.3, -0.25) is 9.78 Å². The van der Waals surface area contributed by atoms with Gasteiger partial charge in [0, 0.05) is 11.8 Å². The van der Waals surface area contributed by atoms with E-state index in [1.54, 1.807) is 29.8 Å². The van der Waals surface area contributed by atoms with Crippen molar-refractivity contribution in [1.82, 2.24) is 4.98 Å². The van der Waals surface area contributed by atoms with E-state index in [4.69, 9.17) is 0 Å². The lowest BCUT2D eigenvalue weighted by Crippen LogP contribution is -2.19. The predicted molar refractivity (Wildman–Crippen MR) is 71.5 cm³/mol. The number of pyridine rings is 1. The van der Waals surface area contributed by atoms with Crippen molar-refractivity contribution in [3.63, 3.8) is 0 Å². The summed E-state index contributed by atoms with van der Waals surface area (Å²) in [5.41, 5.74) is 2.22. The lowest BCUT2D eigenvalue weighted by atomic mass is 10.0. The molecule has 0 radical (unpaired) electrons. The molecule has 0 spiro atoms. The molecule has 0 saturated carbocycles. The Kier molecular flexibility index (Phi) is 4.07. The fraction of sp³-hybridized carbons (Fsp3) is 0.231. The summed E-state index contributed by atoms with van der Waals surface area (Å²) in [4.78, 5) is 16.0. The van der Waals surface area contributed by atoms with E-state index in [0.717, 1.165) is 5.56 Å². The van der Waals surface area contributed by atoms with Crippen LogP contribution in [0, 0.1) is 0 Å². The van der Waals surface area contributed by atoms with Crippen molar-refractivity contribution in [1.29, 1.82) is 0 Å². The van der Waals surface area contributed by atoms with E-state index < -0.39 is 0 Å². The molecular weight excluding hydrogens is 248 g/mol. The van der Waals surface area contributed by atoms with Crippen molar-refractivity contribution in [3.05, 3.63) is 46.4 Å². The molecular formula is C13H14N2O2S. The Labute approximate surface area is 109 Å². The molecule has 1 amide bonds. The standard InChI is InChI=1S/C13H14N2O2S/c1-9(11-3-5-18-8-11)13(17)15-12-6-14-4-2-10(12)7-16/h2-6,8-9,16H,7H2,1H3,(H,15,17). The van der Waals surface area contributed by atoms with Crippen molar-refractivity contribution in [2.75, 3.05) is 5.32 Å². The maximum atomic E-state index is 12.1. The topological polar surface area (TPSA) is 62.2 Å². The Morgan fingerprint density at radius 3 is 3.06 bits per heavy atom. The minimum absolute atomic E-state index is 0.101. The molecule has 1 atom stereocenters. The fourth-order valence-corrected chi connectivity index (χ4v) is 2.34. The Bertz CT molecular complexity index is 526. The van der Waals surface area contributed by atoms with Crippen LogP contribution in [0.1, 0.15) is 24.0 Å². The zero-order valence-corrected chi connectivity index (χ0v) is 10.8. The highest BCUT2D eigenvalue weighted by Crippen LogP contribution is 2.21. The van der Waals surface area contributed by atoms with Gasteiger partial charge < -0.3 is 10.4 Å². The Morgan fingerprint density at radius 1 is 1.56 bits per heavy atom. The zero-order chi connectivity index (χ0) is 13.0. The minimum Gasteiger partial charge on any atom is -0.392 e. The molecule has 0 aliphatic carbocycles. The van der Waals surface area contributed by atoms with Gasteiger partial charge in [-0.1, -0.05) is 0 Å². The number of amides is 1. The lowest BCUT2D eigenvalue weighted by molar-refractivity contribution is -0.117. The summed E-state index contributed by atoms with van der Waals surface area (Å²) in [7, 11) is 0. The first-order valence-electron chi connectivity index (χ1n) is 5.59. The van der Waals surface area contributed by atoms with Crippen LogP contribution in [0.3, 0.4) is 0 Å². The molecule has 0 fully saturated rings. The zero-order valence-electron chi connectivity index (χ0n) is 9.96. The van der Waals surface area contributed by atoms with Crippen molar-refractivity contribution >= 4 is 22.9 Å². The molecule has 0 aromatic carbocycles. The van der Waals surface area contributed by atoms with Crippen LogP contribution in [-0.2, 0) is 11.4 Å². The van der Waals surface area contributed by atoms with Gasteiger partial charge in [-0.05, 0) is 35.4 Å². The maximum absolute atomic E-state index is 12.1. The van der Waals surface area contributed by atoms with Gasteiger partial charge in [-0.25, -0.2) is 0 Å². The molecule has 0 aliphatic heterocycles. The van der Waals surface area contributed by atoms with Crippen LogP contribution in [0.5, 0.6) is 0 Å². The van der Waals surface area contributed by atoms with Crippen LogP contribution in [0.25, 0.3) is 0 Å². The first-order chi connectivity index (χ1) is 8.72. The molecule has 0 saturated heterocycles. The molecule has 2 N–H and O–H groups in total. The average molecular weight is 262 g/mol. The molecule has 4 nitrogen and oxygen atoms in total. The summed E-state index contributed by atoms with van der Waals surface area (Å²) in [6, 6.07) is 3.62. The number of aromatic nitrogens is 1. The molecule has 94 valence electrons. The number of nitrogens with zero attached hydrogens (tertiary/aromatic N) is 1. The second kappa shape index (κ2) is 5.75. The van der Waals surface area contributed by atoms with Crippen molar-refractivity contribution < 1.29 is 9.90 Å². The van der Waals surface area contributed by atoms with E-state index in [0.29, 0.717) is 11.3 Å². The second-order valence-electron chi connectivity index (χ2n) is 3.96. The third-order valence-corrected chi connectivity index (χ3v) is 3.48. The molecule has 18 heavy (non-hydrogen) atoms. The summed E-state index contributed by atoms with van der Waals surface area (Å²) in [5.74, 6) is -0.320. The van der Waals surface area contributed by atoms with Gasteiger partial charge in [-0.2, -0.15) is 11.3 Å². The molecule has 2 heterocycles. The van der Waals surface area contributed by atoms with Crippen LogP contribution >= 0.6 is 11.3 Å². The van der Waals surface area contributed by atoms with Crippen LogP contribution in [0.15, 0.2) is 35.3 Å². The fourth-order valence-electron chi connectivity index (χ4n) is 1.59. The van der Waals surface area contributed by atoms with Gasteiger partial charge in [0.15, 0.2) is 0 Å². The van der Waals surface area contributed by atoms with E-state index >= 15 is 0 Å². The van der Waals surface area contributed by atoms with Crippen LogP contribution in [0.2, 0.25) is 0 Å². The number of rotatable bonds is 4. The Hall–Kier alpha value is -1.72. The lowest BCUT2D eigenvalue weighted by Gasteiger charge is -2.12. The van der Waals surface area contributed by atoms with E-state index in [2.05, 4.69) is 10.3 Å². The Morgan fingerprint density at radius 2 is 2.39 bits per heavy atom. The second-order valence-corrected chi connectivity index (χ2v) is 4.74. The molecule has 0 bridgehead atoms. The van der Waals surface area contributed by atoms with Crippen molar-refractivity contribution in [3.8, 4) is 0 Å². The molecule has 1 unspecified atom stereocenters. The van der Waals surface area contributed by atoms with Gasteiger partial charge in [0.05, 0.1) is 24.4 Å². The number of nitrogens with one attached hydrogen (secondary N) is 1. The number of anilines is 1. The number of aliphatic hydroxyl groups excluding tert-OH is 1. The van der Waals surface area contributed by atoms with E-state index in [1.807, 2.05) is 23.8 Å². The van der Waals surface area contributed by atoms with Gasteiger partial charge in [0.25, 0.3) is 0 Å². The van der Waals surface area contributed by atoms with Crippen molar-refractivity contribution in [2.45, 2.75) is 19.4 Å². The van der Waals surface area contributed by atoms with Gasteiger partial charge in [-0.15, -0.1) is 0 Å². The predicted octanol–water partition coefficient (Wildman–Crippen LogP) is 2.38. The Balaban J connectivity index is 2.12. The van der Waals surface area contributed by atoms with Crippen LogP contribution in [0.4, 0.5) is 5.69 Å². The third kappa shape index (κ3) is 2.75. The summed E-state index contributed by atoms with van der Waals surface area (Å²) in [6.07, 6.45) is 3.13.